The van der Waals surface area contributed by atoms with Gasteiger partial charge in [-0.05, 0) is 36.2 Å². The van der Waals surface area contributed by atoms with Gasteiger partial charge in [-0.25, -0.2) is 4.79 Å². The van der Waals surface area contributed by atoms with Crippen LogP contribution in [0.15, 0.2) is 42.5 Å². The fourth-order valence-electron chi connectivity index (χ4n) is 2.54. The summed E-state index contributed by atoms with van der Waals surface area (Å²) in [6.45, 7) is 3.24. The third-order valence-corrected chi connectivity index (χ3v) is 3.99. The predicted octanol–water partition coefficient (Wildman–Crippen LogP) is 3.46. The molecule has 0 aliphatic carbocycles. The van der Waals surface area contributed by atoms with Gasteiger partial charge in [0.2, 0.25) is 0 Å². The summed E-state index contributed by atoms with van der Waals surface area (Å²) >= 11 is 0. The van der Waals surface area contributed by atoms with Gasteiger partial charge in [0.15, 0.2) is 6.61 Å². The molecule has 1 amide bonds. The average molecular weight is 372 g/mol. The number of rotatable bonds is 7. The minimum atomic E-state index is -1.09. The molecule has 27 heavy (non-hydrogen) atoms. The number of carbonyl (C=O) groups is 2. The highest BCUT2D eigenvalue weighted by molar-refractivity contribution is 6.06. The SMILES string of the molecule is CC(C)c1ccc(C(=O)N(C)c2ccc(OCC(=O)O)cc2)cc1[N+](=O)[O-]. The van der Waals surface area contributed by atoms with Crippen molar-refractivity contribution in [1.82, 2.24) is 0 Å². The first-order valence-electron chi connectivity index (χ1n) is 8.21. The number of aliphatic carboxylic acids is 1. The largest absolute Gasteiger partial charge is 0.482 e. The van der Waals surface area contributed by atoms with Crippen molar-refractivity contribution >= 4 is 23.3 Å². The summed E-state index contributed by atoms with van der Waals surface area (Å²) in [5.74, 6) is -1.16. The summed E-state index contributed by atoms with van der Waals surface area (Å²) in [4.78, 5) is 35.4. The number of nitro benzene ring substituents is 1. The second-order valence-corrected chi connectivity index (χ2v) is 6.23. The van der Waals surface area contributed by atoms with E-state index in [1.165, 1.54) is 11.0 Å². The van der Waals surface area contributed by atoms with Gasteiger partial charge in [0, 0.05) is 29.9 Å². The Morgan fingerprint density at radius 1 is 1.19 bits per heavy atom. The van der Waals surface area contributed by atoms with Crippen molar-refractivity contribution in [3.8, 4) is 5.75 Å². The van der Waals surface area contributed by atoms with Crippen molar-refractivity contribution in [3.63, 3.8) is 0 Å². The summed E-state index contributed by atoms with van der Waals surface area (Å²) in [5, 5.41) is 19.9. The molecule has 2 aromatic carbocycles. The number of carboxylic acids is 1. The molecule has 0 aliphatic rings. The van der Waals surface area contributed by atoms with Crippen LogP contribution in [0.1, 0.15) is 35.7 Å². The van der Waals surface area contributed by atoms with E-state index in [0.717, 1.165) is 0 Å². The van der Waals surface area contributed by atoms with Crippen molar-refractivity contribution < 1.29 is 24.4 Å². The molecule has 0 radical (unpaired) electrons. The number of hydrogen-bond acceptors (Lipinski definition) is 5. The van der Waals surface area contributed by atoms with Crippen LogP contribution in [0.3, 0.4) is 0 Å². The number of nitro groups is 1. The number of carboxylic acid groups (broad SMARTS) is 1. The van der Waals surface area contributed by atoms with Crippen LogP contribution in [0.25, 0.3) is 0 Å². The van der Waals surface area contributed by atoms with E-state index in [1.54, 1.807) is 43.4 Å². The van der Waals surface area contributed by atoms with Crippen molar-refractivity contribution in [3.05, 3.63) is 63.7 Å². The number of carbonyl (C=O) groups excluding carboxylic acids is 1. The normalized spacial score (nSPS) is 10.5. The highest BCUT2D eigenvalue weighted by Gasteiger charge is 2.21. The maximum absolute atomic E-state index is 12.7. The summed E-state index contributed by atoms with van der Waals surface area (Å²) in [6, 6.07) is 10.8. The van der Waals surface area contributed by atoms with Gasteiger partial charge in [-0.1, -0.05) is 19.9 Å². The second kappa shape index (κ2) is 8.31. The van der Waals surface area contributed by atoms with Crippen LogP contribution in [-0.2, 0) is 4.79 Å². The Balaban J connectivity index is 2.23. The van der Waals surface area contributed by atoms with Gasteiger partial charge in [0.25, 0.3) is 11.6 Å². The van der Waals surface area contributed by atoms with Crippen molar-refractivity contribution in [2.45, 2.75) is 19.8 Å². The minimum Gasteiger partial charge on any atom is -0.482 e. The molecule has 0 bridgehead atoms. The molecule has 0 aliphatic heterocycles. The van der Waals surface area contributed by atoms with Crippen LogP contribution in [0, 0.1) is 10.1 Å². The molecule has 8 heteroatoms. The molecule has 0 heterocycles. The van der Waals surface area contributed by atoms with E-state index in [-0.39, 0.29) is 17.2 Å². The summed E-state index contributed by atoms with van der Waals surface area (Å²) in [7, 11) is 1.55. The molecule has 0 unspecified atom stereocenters. The molecule has 8 nitrogen and oxygen atoms in total. The molecular formula is C19H20N2O6. The Hall–Kier alpha value is -3.42. The topological polar surface area (TPSA) is 110 Å². The minimum absolute atomic E-state index is 0.0365. The Labute approximate surface area is 156 Å². The highest BCUT2D eigenvalue weighted by Crippen LogP contribution is 2.28. The molecule has 2 aromatic rings. The van der Waals surface area contributed by atoms with Gasteiger partial charge in [0.05, 0.1) is 4.92 Å². The zero-order chi connectivity index (χ0) is 20.1. The molecule has 0 spiro atoms. The monoisotopic (exact) mass is 372 g/mol. The third kappa shape index (κ3) is 4.81. The molecule has 0 atom stereocenters. The Morgan fingerprint density at radius 2 is 1.81 bits per heavy atom. The lowest BCUT2D eigenvalue weighted by Crippen LogP contribution is -2.26. The first-order chi connectivity index (χ1) is 12.7. The standard InChI is InChI=1S/C19H20N2O6/c1-12(2)16-9-4-13(10-17(16)21(25)26)19(24)20(3)14-5-7-15(8-6-14)27-11-18(22)23/h4-10,12H,11H2,1-3H3,(H,22,23). The summed E-state index contributed by atoms with van der Waals surface area (Å²) < 4.78 is 5.05. The van der Waals surface area contributed by atoms with E-state index in [9.17, 15) is 19.7 Å². The van der Waals surface area contributed by atoms with E-state index in [0.29, 0.717) is 17.0 Å². The summed E-state index contributed by atoms with van der Waals surface area (Å²) in [6.07, 6.45) is 0. The second-order valence-electron chi connectivity index (χ2n) is 6.23. The predicted molar refractivity (Wildman–Crippen MR) is 99.5 cm³/mol. The number of nitrogens with zero attached hydrogens (tertiary/aromatic N) is 2. The van der Waals surface area contributed by atoms with Crippen LogP contribution in [-0.4, -0.2) is 35.6 Å². The lowest BCUT2D eigenvalue weighted by atomic mass is 9.99. The van der Waals surface area contributed by atoms with E-state index < -0.39 is 23.4 Å². The quantitative estimate of drug-likeness (QED) is 0.589. The third-order valence-electron chi connectivity index (χ3n) is 3.99. The maximum atomic E-state index is 12.7. The van der Waals surface area contributed by atoms with Gasteiger partial charge in [-0.15, -0.1) is 0 Å². The first kappa shape index (κ1) is 19.9. The Bertz CT molecular complexity index is 861. The number of ether oxygens (including phenoxy) is 1. The van der Waals surface area contributed by atoms with Crippen LogP contribution >= 0.6 is 0 Å². The zero-order valence-electron chi connectivity index (χ0n) is 15.2. The first-order valence-corrected chi connectivity index (χ1v) is 8.21. The number of amides is 1. The molecule has 0 fully saturated rings. The molecule has 2 rings (SSSR count). The van der Waals surface area contributed by atoms with Gasteiger partial charge >= 0.3 is 5.97 Å². The fraction of sp³-hybridized carbons (Fsp3) is 0.263. The van der Waals surface area contributed by atoms with Crippen LogP contribution < -0.4 is 9.64 Å². The number of hydrogen-bond donors (Lipinski definition) is 1. The van der Waals surface area contributed by atoms with Gasteiger partial charge in [-0.2, -0.15) is 0 Å². The van der Waals surface area contributed by atoms with Crippen LogP contribution in [0.5, 0.6) is 5.75 Å². The van der Waals surface area contributed by atoms with Crippen molar-refractivity contribution in [2.75, 3.05) is 18.6 Å². The Kier molecular flexibility index (Phi) is 6.12. The molecular weight excluding hydrogens is 352 g/mol. The van der Waals surface area contributed by atoms with E-state index in [2.05, 4.69) is 0 Å². The lowest BCUT2D eigenvalue weighted by Gasteiger charge is -2.18. The van der Waals surface area contributed by atoms with Gasteiger partial charge in [-0.3, -0.25) is 14.9 Å². The summed E-state index contributed by atoms with van der Waals surface area (Å²) in [5.41, 5.74) is 1.24. The molecule has 142 valence electrons. The molecule has 0 saturated heterocycles. The van der Waals surface area contributed by atoms with Crippen molar-refractivity contribution in [2.24, 2.45) is 0 Å². The van der Waals surface area contributed by atoms with E-state index >= 15 is 0 Å². The van der Waals surface area contributed by atoms with Gasteiger partial charge in [0.1, 0.15) is 5.75 Å². The number of benzene rings is 2. The molecule has 0 aromatic heterocycles. The smallest absolute Gasteiger partial charge is 0.341 e. The Morgan fingerprint density at radius 3 is 2.33 bits per heavy atom. The molecule has 1 N–H and O–H groups in total. The lowest BCUT2D eigenvalue weighted by molar-refractivity contribution is -0.385. The number of anilines is 1. The van der Waals surface area contributed by atoms with Crippen LogP contribution in [0.2, 0.25) is 0 Å². The fourth-order valence-corrected chi connectivity index (χ4v) is 2.54. The molecule has 0 saturated carbocycles. The van der Waals surface area contributed by atoms with E-state index in [1.807, 2.05) is 13.8 Å². The zero-order valence-corrected chi connectivity index (χ0v) is 15.2. The van der Waals surface area contributed by atoms with Crippen molar-refractivity contribution in [1.29, 1.82) is 0 Å². The highest BCUT2D eigenvalue weighted by atomic mass is 16.6. The van der Waals surface area contributed by atoms with E-state index in [4.69, 9.17) is 9.84 Å². The average Bonchev–Trinajstić information content (AvgIpc) is 2.64. The maximum Gasteiger partial charge on any atom is 0.341 e. The van der Waals surface area contributed by atoms with Gasteiger partial charge < -0.3 is 14.7 Å². The van der Waals surface area contributed by atoms with Crippen LogP contribution in [0.4, 0.5) is 11.4 Å².